The molecule has 4 aromatic rings. The molecular formula is C28H29ClN2O4. The molecule has 0 radical (unpaired) electrons. The van der Waals surface area contributed by atoms with Gasteiger partial charge in [0, 0.05) is 40.7 Å². The molecule has 0 spiro atoms. The van der Waals surface area contributed by atoms with E-state index in [0.29, 0.717) is 34.9 Å². The summed E-state index contributed by atoms with van der Waals surface area (Å²) in [6.07, 6.45) is -0.00494. The van der Waals surface area contributed by atoms with Gasteiger partial charge in [0.05, 0.1) is 31.0 Å². The van der Waals surface area contributed by atoms with E-state index in [4.69, 9.17) is 21.1 Å². The van der Waals surface area contributed by atoms with Gasteiger partial charge in [-0.15, -0.1) is 11.6 Å². The third kappa shape index (κ3) is 3.81. The number of methoxy groups -OCH3 is 1. The molecule has 182 valence electrons. The zero-order valence-corrected chi connectivity index (χ0v) is 21.1. The number of H-pyrrole nitrogens is 1. The van der Waals surface area contributed by atoms with Gasteiger partial charge in [-0.05, 0) is 49.4 Å². The van der Waals surface area contributed by atoms with Crippen LogP contribution in [0.1, 0.15) is 46.9 Å². The Morgan fingerprint density at radius 1 is 1.23 bits per heavy atom. The van der Waals surface area contributed by atoms with Gasteiger partial charge in [0.25, 0.3) is 5.91 Å². The van der Waals surface area contributed by atoms with Crippen LogP contribution in [-0.4, -0.2) is 41.6 Å². The molecule has 5 rings (SSSR count). The Morgan fingerprint density at radius 3 is 2.63 bits per heavy atom. The summed E-state index contributed by atoms with van der Waals surface area (Å²) < 4.78 is 11.7. The largest absolute Gasteiger partial charge is 0.496 e. The number of rotatable bonds is 6. The van der Waals surface area contributed by atoms with Crippen molar-refractivity contribution in [2.75, 3.05) is 24.4 Å². The van der Waals surface area contributed by atoms with Gasteiger partial charge in [-0.2, -0.15) is 0 Å². The first-order valence-corrected chi connectivity index (χ1v) is 12.3. The third-order valence-electron chi connectivity index (χ3n) is 6.67. The number of alkyl halides is 1. The predicted molar refractivity (Wildman–Crippen MR) is 140 cm³/mol. The summed E-state index contributed by atoms with van der Waals surface area (Å²) in [6.45, 7) is 6.20. The fourth-order valence-corrected chi connectivity index (χ4v) is 5.51. The molecule has 0 saturated carbocycles. The maximum absolute atomic E-state index is 13.9. The number of benzene rings is 3. The zero-order chi connectivity index (χ0) is 24.9. The number of aromatic nitrogens is 1. The van der Waals surface area contributed by atoms with Gasteiger partial charge in [0.1, 0.15) is 17.2 Å². The van der Waals surface area contributed by atoms with E-state index in [1.807, 2.05) is 57.2 Å². The molecule has 0 aliphatic carbocycles. The maximum atomic E-state index is 13.9. The van der Waals surface area contributed by atoms with E-state index >= 15 is 0 Å². The highest BCUT2D eigenvalue weighted by atomic mass is 35.5. The van der Waals surface area contributed by atoms with Gasteiger partial charge in [0.2, 0.25) is 0 Å². The van der Waals surface area contributed by atoms with E-state index < -0.39 is 0 Å². The lowest BCUT2D eigenvalue weighted by atomic mass is 9.95. The van der Waals surface area contributed by atoms with Crippen LogP contribution in [-0.2, 0) is 6.61 Å². The number of aliphatic hydroxyl groups is 1. The SMILES string of the molecule is COc1c(C)cc2cc(C(=O)N3CC(CCl)c4c3cc(OC(C)C)c3ccccc43)[nH]c2c1CO. The van der Waals surface area contributed by atoms with Crippen molar-refractivity contribution < 1.29 is 19.4 Å². The normalized spacial score (nSPS) is 15.3. The molecule has 35 heavy (non-hydrogen) atoms. The van der Waals surface area contributed by atoms with E-state index in [0.717, 1.165) is 38.7 Å². The lowest BCUT2D eigenvalue weighted by Crippen LogP contribution is -2.30. The smallest absolute Gasteiger partial charge is 0.274 e. The Labute approximate surface area is 209 Å². The van der Waals surface area contributed by atoms with Gasteiger partial charge >= 0.3 is 0 Å². The van der Waals surface area contributed by atoms with Crippen molar-refractivity contribution in [1.82, 2.24) is 4.98 Å². The second kappa shape index (κ2) is 9.10. The van der Waals surface area contributed by atoms with Gasteiger partial charge in [-0.1, -0.05) is 24.3 Å². The fraction of sp³-hybridized carbons (Fsp3) is 0.321. The van der Waals surface area contributed by atoms with Crippen molar-refractivity contribution in [3.63, 3.8) is 0 Å². The standard InChI is InChI=1S/C28H29ClN2O4/c1-15(2)35-24-11-23-25(20-8-6-5-7-19(20)24)18(12-29)13-31(23)28(33)22-10-17-9-16(3)27(34-4)21(14-32)26(17)30-22/h5-11,15,18,30,32H,12-14H2,1-4H3. The van der Waals surface area contributed by atoms with E-state index in [9.17, 15) is 9.90 Å². The van der Waals surface area contributed by atoms with Crippen LogP contribution in [0.5, 0.6) is 11.5 Å². The minimum absolute atomic E-state index is 0.00494. The van der Waals surface area contributed by atoms with Crippen molar-refractivity contribution >= 4 is 44.9 Å². The zero-order valence-electron chi connectivity index (χ0n) is 20.3. The van der Waals surface area contributed by atoms with Crippen LogP contribution in [0.4, 0.5) is 5.69 Å². The van der Waals surface area contributed by atoms with Crippen molar-refractivity contribution in [3.05, 3.63) is 64.8 Å². The van der Waals surface area contributed by atoms with Crippen LogP contribution < -0.4 is 14.4 Å². The van der Waals surface area contributed by atoms with Gasteiger partial charge in [-0.3, -0.25) is 4.79 Å². The van der Waals surface area contributed by atoms with Crippen LogP contribution >= 0.6 is 11.6 Å². The van der Waals surface area contributed by atoms with Gasteiger partial charge in [-0.25, -0.2) is 0 Å². The van der Waals surface area contributed by atoms with Gasteiger partial charge in [0.15, 0.2) is 0 Å². The van der Waals surface area contributed by atoms with E-state index in [2.05, 4.69) is 11.1 Å². The Hall–Kier alpha value is -3.22. The first kappa shape index (κ1) is 23.5. The molecule has 1 unspecified atom stereocenters. The summed E-state index contributed by atoms with van der Waals surface area (Å²) in [6, 6.07) is 13.9. The number of nitrogens with one attached hydrogen (secondary N) is 1. The van der Waals surface area contributed by atoms with Crippen molar-refractivity contribution in [2.45, 2.75) is 39.4 Å². The van der Waals surface area contributed by atoms with E-state index in [1.165, 1.54) is 0 Å². The van der Waals surface area contributed by atoms with E-state index in [-0.39, 0.29) is 24.5 Å². The molecule has 7 heteroatoms. The van der Waals surface area contributed by atoms with Crippen LogP contribution in [0.15, 0.2) is 42.5 Å². The molecule has 1 atom stereocenters. The summed E-state index contributed by atoms with van der Waals surface area (Å²) in [4.78, 5) is 18.9. The number of hydrogen-bond acceptors (Lipinski definition) is 4. The molecule has 0 fully saturated rings. The average Bonchev–Trinajstić information content (AvgIpc) is 3.44. The summed E-state index contributed by atoms with van der Waals surface area (Å²) >= 11 is 6.41. The number of aromatic amines is 1. The lowest BCUT2D eigenvalue weighted by Gasteiger charge is -2.20. The first-order valence-electron chi connectivity index (χ1n) is 11.8. The summed E-state index contributed by atoms with van der Waals surface area (Å²) in [7, 11) is 1.58. The van der Waals surface area contributed by atoms with Crippen LogP contribution in [0.25, 0.3) is 21.7 Å². The van der Waals surface area contributed by atoms with Crippen molar-refractivity contribution in [2.24, 2.45) is 0 Å². The molecule has 2 heterocycles. The molecule has 1 aliphatic rings. The number of fused-ring (bicyclic) bond motifs is 4. The molecule has 1 aliphatic heterocycles. The summed E-state index contributed by atoms with van der Waals surface area (Å²) in [5.74, 6) is 1.64. The fourth-order valence-electron chi connectivity index (χ4n) is 5.26. The number of aryl methyl sites for hydroxylation is 1. The molecule has 0 saturated heterocycles. The number of hydrogen-bond donors (Lipinski definition) is 2. The lowest BCUT2D eigenvalue weighted by molar-refractivity contribution is 0.0984. The molecule has 3 aromatic carbocycles. The number of anilines is 1. The Bertz CT molecular complexity index is 1440. The number of ether oxygens (including phenoxy) is 2. The second-order valence-electron chi connectivity index (χ2n) is 9.30. The van der Waals surface area contributed by atoms with Crippen LogP contribution in [0.3, 0.4) is 0 Å². The summed E-state index contributed by atoms with van der Waals surface area (Å²) in [5, 5.41) is 12.9. The number of carbonyl (C=O) groups is 1. The van der Waals surface area contributed by atoms with Crippen molar-refractivity contribution in [1.29, 1.82) is 0 Å². The monoisotopic (exact) mass is 492 g/mol. The molecule has 6 nitrogen and oxygen atoms in total. The first-order chi connectivity index (χ1) is 16.9. The maximum Gasteiger partial charge on any atom is 0.274 e. The van der Waals surface area contributed by atoms with Crippen molar-refractivity contribution in [3.8, 4) is 11.5 Å². The van der Waals surface area contributed by atoms with E-state index in [1.54, 1.807) is 12.0 Å². The molecule has 2 N–H and O–H groups in total. The minimum Gasteiger partial charge on any atom is -0.496 e. The number of halogens is 1. The predicted octanol–water partition coefficient (Wildman–Crippen LogP) is 5.90. The highest BCUT2D eigenvalue weighted by molar-refractivity contribution is 6.19. The third-order valence-corrected chi connectivity index (χ3v) is 7.04. The quantitative estimate of drug-likeness (QED) is 0.328. The Morgan fingerprint density at radius 2 is 1.97 bits per heavy atom. The topological polar surface area (TPSA) is 74.8 Å². The van der Waals surface area contributed by atoms with Crippen LogP contribution in [0.2, 0.25) is 0 Å². The molecule has 1 aromatic heterocycles. The summed E-state index contributed by atoms with van der Waals surface area (Å²) in [5.41, 5.74) is 4.59. The average molecular weight is 493 g/mol. The molecular weight excluding hydrogens is 464 g/mol. The van der Waals surface area contributed by atoms with Crippen LogP contribution in [0, 0.1) is 6.92 Å². The highest BCUT2D eigenvalue weighted by Gasteiger charge is 2.35. The second-order valence-corrected chi connectivity index (χ2v) is 9.61. The molecule has 1 amide bonds. The number of amides is 1. The number of aliphatic hydroxyl groups excluding tert-OH is 1. The Kier molecular flexibility index (Phi) is 6.11. The number of carbonyl (C=O) groups excluding carboxylic acids is 1. The number of nitrogens with zero attached hydrogens (tertiary/aromatic N) is 1. The highest BCUT2D eigenvalue weighted by Crippen LogP contribution is 2.46. The Balaban J connectivity index is 1.65. The molecule has 0 bridgehead atoms. The minimum atomic E-state index is -0.196. The van der Waals surface area contributed by atoms with Gasteiger partial charge < -0.3 is 24.5 Å².